The Balaban J connectivity index is 1.51. The van der Waals surface area contributed by atoms with Crippen molar-refractivity contribution in [3.63, 3.8) is 0 Å². The molecule has 2 aliphatic rings. The molecule has 3 aromatic carbocycles. The molecule has 12 heteroatoms. The third-order valence-corrected chi connectivity index (χ3v) is 8.24. The predicted molar refractivity (Wildman–Crippen MR) is 180 cm³/mol. The third-order valence-electron chi connectivity index (χ3n) is 8.24. The number of hydrogen-bond donors (Lipinski definition) is 3. The number of aliphatic imine (C=N–C) groups is 1. The second kappa shape index (κ2) is 15.3. The molecule has 0 radical (unpaired) electrons. The number of benzene rings is 3. The first-order chi connectivity index (χ1) is 23.1. The smallest absolute Gasteiger partial charge is 0.306 e. The van der Waals surface area contributed by atoms with E-state index in [0.29, 0.717) is 35.5 Å². The lowest BCUT2D eigenvalue weighted by molar-refractivity contribution is -0.155. The molecule has 0 bridgehead atoms. The van der Waals surface area contributed by atoms with Gasteiger partial charge in [-0.15, -0.1) is 0 Å². The molecule has 0 saturated heterocycles. The second-order valence-electron chi connectivity index (χ2n) is 12.9. The van der Waals surface area contributed by atoms with E-state index >= 15 is 0 Å². The lowest BCUT2D eigenvalue weighted by Crippen LogP contribution is -2.55. The van der Waals surface area contributed by atoms with Crippen molar-refractivity contribution in [2.45, 2.75) is 82.7 Å². The maximum absolute atomic E-state index is 14.5. The van der Waals surface area contributed by atoms with Gasteiger partial charge in [0, 0.05) is 36.0 Å². The van der Waals surface area contributed by atoms with E-state index in [-0.39, 0.29) is 37.9 Å². The van der Waals surface area contributed by atoms with E-state index in [0.717, 1.165) is 12.8 Å². The number of amides is 1. The number of carbonyl (C=O) groups is 2. The van der Waals surface area contributed by atoms with Crippen LogP contribution < -0.4 is 15.6 Å². The van der Waals surface area contributed by atoms with Crippen LogP contribution in [-0.4, -0.2) is 53.3 Å². The predicted octanol–water partition coefficient (Wildman–Crippen LogP) is 5.43. The number of hydrazine groups is 1. The molecule has 0 unspecified atom stereocenters. The van der Waals surface area contributed by atoms with Crippen molar-refractivity contribution >= 4 is 17.8 Å². The minimum atomic E-state index is -1.60. The fraction of sp³-hybridized carbons (Fsp3) is 0.417. The molecular formula is C36H42N6O6. The molecular weight excluding hydrogens is 612 g/mol. The number of nitrogens with one attached hydrogen (secondary N) is 2. The molecule has 2 atom stereocenters. The van der Waals surface area contributed by atoms with E-state index in [2.05, 4.69) is 33.0 Å². The van der Waals surface area contributed by atoms with Gasteiger partial charge in [-0.1, -0.05) is 53.6 Å². The van der Waals surface area contributed by atoms with E-state index in [1.165, 1.54) is 11.1 Å². The van der Waals surface area contributed by atoms with Crippen LogP contribution in [0.4, 0.5) is 0 Å². The fourth-order valence-corrected chi connectivity index (χ4v) is 6.01. The standard InChI is InChI=1S/C36H42N6O6/c1-35(2,3)48-31(44)17-18-36(34(45)41-40-28-21-25-9-4-5-10-26(25)22-28)32(30-12-7-6-11-27(30)23-38-42-37)47-33(39-36)24-13-15-29(16-14-24)46-20-8-19-43/h4-7,9-16,28,32,40,43H,8,17-23H2,1-3H3,(H,41,45)/t32-,36-/m0/s1. The van der Waals surface area contributed by atoms with Crippen molar-refractivity contribution in [3.8, 4) is 5.75 Å². The zero-order chi connectivity index (χ0) is 34.1. The van der Waals surface area contributed by atoms with Crippen LogP contribution in [0.3, 0.4) is 0 Å². The lowest BCUT2D eigenvalue weighted by atomic mass is 9.82. The Hall–Kier alpha value is -4.90. The van der Waals surface area contributed by atoms with Crippen molar-refractivity contribution in [1.29, 1.82) is 0 Å². The SMILES string of the molecule is CC(C)(C)OC(=O)CC[C@]1(C(=O)NNC2Cc3ccccc3C2)N=C(c2ccc(OCCCO)cc2)O[C@H]1c1ccccc1CN=[N+]=[N-]. The number of nitrogens with zero attached hydrogens (tertiary/aromatic N) is 4. The van der Waals surface area contributed by atoms with Crippen molar-refractivity contribution in [1.82, 2.24) is 10.9 Å². The summed E-state index contributed by atoms with van der Waals surface area (Å²) in [4.78, 5) is 35.5. The van der Waals surface area contributed by atoms with Gasteiger partial charge in [0.25, 0.3) is 5.91 Å². The van der Waals surface area contributed by atoms with Gasteiger partial charge >= 0.3 is 5.97 Å². The fourth-order valence-electron chi connectivity index (χ4n) is 6.01. The van der Waals surface area contributed by atoms with Crippen LogP contribution in [0.2, 0.25) is 0 Å². The Bertz CT molecular complexity index is 1660. The van der Waals surface area contributed by atoms with Crippen LogP contribution in [0.25, 0.3) is 10.4 Å². The van der Waals surface area contributed by atoms with Gasteiger partial charge in [-0.05, 0) is 92.1 Å². The highest BCUT2D eigenvalue weighted by Crippen LogP contribution is 2.44. The summed E-state index contributed by atoms with van der Waals surface area (Å²) < 4.78 is 17.9. The Kier molecular flexibility index (Phi) is 11.0. The Labute approximate surface area is 280 Å². The average molecular weight is 655 g/mol. The Morgan fingerprint density at radius 3 is 2.42 bits per heavy atom. The number of hydrogen-bond acceptors (Lipinski definition) is 9. The largest absolute Gasteiger partial charge is 0.494 e. The first kappa shape index (κ1) is 34.4. The molecule has 48 heavy (non-hydrogen) atoms. The summed E-state index contributed by atoms with van der Waals surface area (Å²) in [5.74, 6) is -0.113. The highest BCUT2D eigenvalue weighted by molar-refractivity contribution is 6.01. The number of aliphatic hydroxyl groups excluding tert-OH is 1. The third kappa shape index (κ3) is 8.32. The number of carbonyl (C=O) groups excluding carboxylic acids is 2. The summed E-state index contributed by atoms with van der Waals surface area (Å²) in [6.07, 6.45) is 0.905. The van der Waals surface area contributed by atoms with E-state index < -0.39 is 29.1 Å². The minimum absolute atomic E-state index is 0.0211. The lowest BCUT2D eigenvalue weighted by Gasteiger charge is -2.32. The van der Waals surface area contributed by atoms with Crippen molar-refractivity contribution < 1.29 is 28.9 Å². The number of ether oxygens (including phenoxy) is 3. The number of aliphatic hydroxyl groups is 1. The molecule has 0 saturated carbocycles. The maximum Gasteiger partial charge on any atom is 0.306 e. The average Bonchev–Trinajstić information content (AvgIpc) is 3.67. The van der Waals surface area contributed by atoms with Crippen molar-refractivity contribution in [2.75, 3.05) is 13.2 Å². The summed E-state index contributed by atoms with van der Waals surface area (Å²) in [7, 11) is 0. The molecule has 1 heterocycles. The van der Waals surface area contributed by atoms with E-state index in [1.807, 2.05) is 36.4 Å². The Morgan fingerprint density at radius 2 is 1.75 bits per heavy atom. The van der Waals surface area contributed by atoms with Gasteiger partial charge in [-0.2, -0.15) is 0 Å². The molecule has 0 fully saturated rings. The monoisotopic (exact) mass is 654 g/mol. The highest BCUT2D eigenvalue weighted by Gasteiger charge is 2.54. The first-order valence-electron chi connectivity index (χ1n) is 16.2. The molecule has 1 amide bonds. The summed E-state index contributed by atoms with van der Waals surface area (Å²) in [5, 5.41) is 12.9. The molecule has 0 spiro atoms. The normalized spacial score (nSPS) is 18.7. The van der Waals surface area contributed by atoms with Crippen molar-refractivity contribution in [3.05, 3.63) is 111 Å². The number of fused-ring (bicyclic) bond motifs is 1. The number of rotatable bonds is 14. The molecule has 1 aliphatic carbocycles. The molecule has 1 aliphatic heterocycles. The zero-order valence-corrected chi connectivity index (χ0v) is 27.5. The summed E-state index contributed by atoms with van der Waals surface area (Å²) in [6.45, 7) is 5.79. The van der Waals surface area contributed by atoms with Gasteiger partial charge in [0.2, 0.25) is 5.90 Å². The molecule has 0 aromatic heterocycles. The van der Waals surface area contributed by atoms with Crippen LogP contribution in [0.1, 0.15) is 74.0 Å². The number of azide groups is 1. The van der Waals surface area contributed by atoms with Crippen LogP contribution in [0.15, 0.2) is 82.9 Å². The van der Waals surface area contributed by atoms with E-state index in [4.69, 9.17) is 29.8 Å². The molecule has 12 nitrogen and oxygen atoms in total. The molecule has 5 rings (SSSR count). The minimum Gasteiger partial charge on any atom is -0.494 e. The summed E-state index contributed by atoms with van der Waals surface area (Å²) in [5.41, 5.74) is 17.3. The molecule has 252 valence electrons. The van der Waals surface area contributed by atoms with Crippen LogP contribution >= 0.6 is 0 Å². The van der Waals surface area contributed by atoms with Crippen LogP contribution in [0.5, 0.6) is 5.75 Å². The van der Waals surface area contributed by atoms with Gasteiger partial charge in [0.05, 0.1) is 13.2 Å². The maximum atomic E-state index is 14.5. The number of esters is 1. The van der Waals surface area contributed by atoms with E-state index in [1.54, 1.807) is 45.0 Å². The van der Waals surface area contributed by atoms with Gasteiger partial charge < -0.3 is 19.3 Å². The van der Waals surface area contributed by atoms with Gasteiger partial charge in [-0.25, -0.2) is 10.4 Å². The molecule has 3 N–H and O–H groups in total. The molecule has 3 aromatic rings. The topological polar surface area (TPSA) is 167 Å². The summed E-state index contributed by atoms with van der Waals surface area (Å²) in [6, 6.07) is 22.5. The quantitative estimate of drug-likeness (QED) is 0.0521. The highest BCUT2D eigenvalue weighted by atomic mass is 16.6. The van der Waals surface area contributed by atoms with Crippen molar-refractivity contribution in [2.24, 2.45) is 10.1 Å². The first-order valence-corrected chi connectivity index (χ1v) is 16.2. The summed E-state index contributed by atoms with van der Waals surface area (Å²) >= 11 is 0. The van der Waals surface area contributed by atoms with E-state index in [9.17, 15) is 9.59 Å². The van der Waals surface area contributed by atoms with Crippen LogP contribution in [0, 0.1) is 0 Å². The van der Waals surface area contributed by atoms with Gasteiger partial charge in [-0.3, -0.25) is 15.0 Å². The second-order valence-corrected chi connectivity index (χ2v) is 12.9. The van der Waals surface area contributed by atoms with Crippen LogP contribution in [-0.2, 0) is 38.4 Å². The van der Waals surface area contributed by atoms with Gasteiger partial charge in [0.15, 0.2) is 11.6 Å². The zero-order valence-electron chi connectivity index (χ0n) is 27.5. The van der Waals surface area contributed by atoms with Gasteiger partial charge in [0.1, 0.15) is 11.4 Å². The Morgan fingerprint density at radius 1 is 1.06 bits per heavy atom.